The van der Waals surface area contributed by atoms with Gasteiger partial charge in [-0.15, -0.1) is 0 Å². The highest BCUT2D eigenvalue weighted by molar-refractivity contribution is 5.78. The summed E-state index contributed by atoms with van der Waals surface area (Å²) >= 11 is 0. The van der Waals surface area contributed by atoms with E-state index in [1.165, 1.54) is 55.4 Å². The summed E-state index contributed by atoms with van der Waals surface area (Å²) in [5.41, 5.74) is -5.32. The quantitative estimate of drug-likeness (QED) is 0.388. The van der Waals surface area contributed by atoms with Crippen LogP contribution in [-0.2, 0) is 42.9 Å². The van der Waals surface area contributed by atoms with E-state index in [1.54, 1.807) is 0 Å². The molecule has 0 N–H and O–H groups in total. The number of carbonyl (C=O) groups excluding carboxylic acids is 4. The van der Waals surface area contributed by atoms with Gasteiger partial charge in [0.1, 0.15) is 12.7 Å². The van der Waals surface area contributed by atoms with Crippen LogP contribution in [-0.4, -0.2) is 61.3 Å². The van der Waals surface area contributed by atoms with Gasteiger partial charge in [0.2, 0.25) is 6.36 Å². The van der Waals surface area contributed by atoms with E-state index in [0.29, 0.717) is 0 Å². The molecular weight excluding hydrogens is 475 g/mol. The van der Waals surface area contributed by atoms with Crippen molar-refractivity contribution in [2.75, 3.05) is 6.61 Å². The van der Waals surface area contributed by atoms with Gasteiger partial charge in [0.15, 0.2) is 18.3 Å². The lowest BCUT2D eigenvalue weighted by Crippen LogP contribution is -2.62. The van der Waals surface area contributed by atoms with E-state index in [1.807, 2.05) is 0 Å². The number of carbonyl (C=O) groups is 4. The van der Waals surface area contributed by atoms with Crippen LogP contribution in [0.4, 0.5) is 4.39 Å². The molecule has 36 heavy (non-hydrogen) atoms. The highest BCUT2D eigenvalue weighted by atomic mass is 19.1. The van der Waals surface area contributed by atoms with Crippen molar-refractivity contribution in [3.05, 3.63) is 0 Å². The van der Waals surface area contributed by atoms with Crippen molar-refractivity contribution in [3.63, 3.8) is 0 Å². The normalized spacial score (nSPS) is 27.0. The molecule has 0 radical (unpaired) electrons. The maximum absolute atomic E-state index is 15.5. The minimum Gasteiger partial charge on any atom is -0.462 e. The maximum atomic E-state index is 15.5. The Kier molecular flexibility index (Phi) is 7.79. The van der Waals surface area contributed by atoms with Gasteiger partial charge in [-0.1, -0.05) is 0 Å². The predicted molar refractivity (Wildman–Crippen MR) is 128 cm³/mol. The van der Waals surface area contributed by atoms with Gasteiger partial charge in [0.25, 0.3) is 0 Å². The molecule has 1 unspecified atom stereocenters. The van der Waals surface area contributed by atoms with Crippen LogP contribution in [0.15, 0.2) is 0 Å². The average Bonchev–Trinajstić information content (AvgIpc) is 2.89. The Balaban J connectivity index is 3.60. The fraction of sp³-hybridized carbons (Fsp3) is 0.846. The summed E-state index contributed by atoms with van der Waals surface area (Å²) in [5.74, 6) is -3.73. The molecule has 0 aliphatic carbocycles. The second-order valence-corrected chi connectivity index (χ2v) is 11.8. The molecule has 208 valence electrons. The van der Waals surface area contributed by atoms with Gasteiger partial charge < -0.3 is 23.7 Å². The lowest BCUT2D eigenvalue weighted by atomic mass is 9.93. The van der Waals surface area contributed by atoms with Gasteiger partial charge in [-0.2, -0.15) is 0 Å². The van der Waals surface area contributed by atoms with Crippen LogP contribution in [0.2, 0.25) is 0 Å². The van der Waals surface area contributed by atoms with Gasteiger partial charge in [-0.25, -0.2) is 4.39 Å². The van der Waals surface area contributed by atoms with Crippen molar-refractivity contribution in [2.45, 2.75) is 114 Å². The molecule has 1 saturated heterocycles. The molecule has 1 heterocycles. The Morgan fingerprint density at radius 3 is 1.44 bits per heavy atom. The molecule has 1 fully saturated rings. The number of ether oxygens (including phenoxy) is 5. The highest BCUT2D eigenvalue weighted by Crippen LogP contribution is 2.34. The molecule has 1 aliphatic heterocycles. The van der Waals surface area contributed by atoms with E-state index < -0.39 is 104 Å². The molecule has 0 aromatic carbocycles. The van der Waals surface area contributed by atoms with Crippen LogP contribution < -0.4 is 0 Å². The number of rotatable bonds is 5. The smallest absolute Gasteiger partial charge is 0.311 e. The fourth-order valence-electron chi connectivity index (χ4n) is 2.60. The number of halogens is 1. The third-order valence-electron chi connectivity index (χ3n) is 4.90. The zero-order valence-electron chi connectivity index (χ0n) is 26.5. The summed E-state index contributed by atoms with van der Waals surface area (Å²) < 4.78 is 73.2. The van der Waals surface area contributed by atoms with E-state index >= 15 is 4.39 Å². The molecule has 10 heteroatoms. The fourth-order valence-corrected chi connectivity index (χ4v) is 2.60. The minimum absolute atomic E-state index is 0.314. The molecule has 0 aromatic rings. The molecular formula is C26H43FO9. The first-order valence-electron chi connectivity index (χ1n) is 14.3. The van der Waals surface area contributed by atoms with E-state index in [9.17, 15) is 19.2 Å². The van der Waals surface area contributed by atoms with Crippen molar-refractivity contribution < 1.29 is 52.7 Å². The van der Waals surface area contributed by atoms with Crippen molar-refractivity contribution in [2.24, 2.45) is 21.7 Å². The lowest BCUT2D eigenvalue weighted by molar-refractivity contribution is -0.283. The van der Waals surface area contributed by atoms with Crippen LogP contribution in [0.3, 0.4) is 0 Å². The Labute approximate surface area is 219 Å². The maximum Gasteiger partial charge on any atom is 0.311 e. The summed E-state index contributed by atoms with van der Waals surface area (Å²) in [5, 5.41) is 0. The Morgan fingerprint density at radius 1 is 0.667 bits per heavy atom. The van der Waals surface area contributed by atoms with Crippen LogP contribution >= 0.6 is 0 Å². The number of alkyl halides is 1. The number of esters is 4. The lowest BCUT2D eigenvalue weighted by Gasteiger charge is -2.43. The van der Waals surface area contributed by atoms with Crippen molar-refractivity contribution in [1.82, 2.24) is 0 Å². The highest BCUT2D eigenvalue weighted by Gasteiger charge is 2.55. The SMILES string of the molecule is [2H]CC(C)(C)C(=O)OC[C@H]1OC(F)[C@@H](OC(=O)C(C)(C)C[2H])[C@@H](OC(=O)C(C)(C)C[2H])[C@@H]1OC(=O)C(C)(C)C[2H]. The minimum atomic E-state index is -2.44. The summed E-state index contributed by atoms with van der Waals surface area (Å²) in [7, 11) is 0. The van der Waals surface area contributed by atoms with Crippen LogP contribution in [0, 0.1) is 21.7 Å². The molecule has 1 aliphatic rings. The summed E-state index contributed by atoms with van der Waals surface area (Å²) in [6.45, 7) is 9.19. The molecule has 0 saturated carbocycles. The van der Waals surface area contributed by atoms with Crippen molar-refractivity contribution >= 4 is 23.9 Å². The van der Waals surface area contributed by atoms with Crippen LogP contribution in [0.1, 0.15) is 88.5 Å². The zero-order chi connectivity index (χ0) is 31.3. The first kappa shape index (κ1) is 25.4. The third-order valence-corrected chi connectivity index (χ3v) is 4.90. The average molecular weight is 523 g/mol. The molecule has 9 nitrogen and oxygen atoms in total. The number of hydrogen-bond acceptors (Lipinski definition) is 9. The Hall–Kier alpha value is -2.23. The molecule has 0 spiro atoms. The topological polar surface area (TPSA) is 114 Å². The van der Waals surface area contributed by atoms with Crippen LogP contribution in [0.5, 0.6) is 0 Å². The summed E-state index contributed by atoms with van der Waals surface area (Å²) in [4.78, 5) is 51.4. The first-order valence-corrected chi connectivity index (χ1v) is 11.5. The van der Waals surface area contributed by atoms with E-state index in [0.717, 1.165) is 0 Å². The largest absolute Gasteiger partial charge is 0.462 e. The van der Waals surface area contributed by atoms with Gasteiger partial charge in [-0.05, 0) is 83.0 Å². The van der Waals surface area contributed by atoms with E-state index in [4.69, 9.17) is 29.2 Å². The zero-order valence-corrected chi connectivity index (χ0v) is 22.5. The molecule has 0 aromatic heterocycles. The first-order chi connectivity index (χ1) is 18.2. The number of hydrogen-bond donors (Lipinski definition) is 0. The van der Waals surface area contributed by atoms with Gasteiger partial charge in [0.05, 0.1) is 21.7 Å². The van der Waals surface area contributed by atoms with Gasteiger partial charge in [0, 0.05) is 5.48 Å². The second kappa shape index (κ2) is 11.0. The summed E-state index contributed by atoms with van der Waals surface area (Å²) in [6, 6.07) is 0. The second-order valence-electron chi connectivity index (χ2n) is 11.8. The Morgan fingerprint density at radius 2 is 1.03 bits per heavy atom. The molecule has 0 amide bonds. The monoisotopic (exact) mass is 522 g/mol. The van der Waals surface area contributed by atoms with E-state index in [2.05, 4.69) is 0 Å². The van der Waals surface area contributed by atoms with E-state index in [-0.39, 0.29) is 6.90 Å². The van der Waals surface area contributed by atoms with Crippen molar-refractivity contribution in [3.8, 4) is 0 Å². The van der Waals surface area contributed by atoms with Gasteiger partial charge in [-0.3, -0.25) is 19.2 Å². The van der Waals surface area contributed by atoms with Crippen molar-refractivity contribution in [1.29, 1.82) is 0 Å². The van der Waals surface area contributed by atoms with Gasteiger partial charge >= 0.3 is 23.9 Å². The van der Waals surface area contributed by atoms with Crippen LogP contribution in [0.25, 0.3) is 0 Å². The molecule has 1 rings (SSSR count). The predicted octanol–water partition coefficient (Wildman–Crippen LogP) is 4.14. The standard InChI is InChI=1S/C26H43FO9/c1-23(2,3)19(28)32-13-14-15(34-20(29)24(4,5)6)16(35-21(30)25(7,8)9)17(18(27)33-14)36-22(31)26(10,11)12/h14-18H,13H2,1-12H3/t14-,15-,16+,17+,18?/m1/s1/i1D,4D,7D,10D. The summed E-state index contributed by atoms with van der Waals surface area (Å²) in [6.07, 6.45) is -9.39. The molecule has 0 bridgehead atoms. The Bertz CT molecular complexity index is 926. The molecule has 5 atom stereocenters. The third kappa shape index (κ3) is 8.71.